The maximum Gasteiger partial charge on any atom is 0.259 e. The molecule has 0 aliphatic carbocycles. The molecule has 0 atom stereocenters. The van der Waals surface area contributed by atoms with E-state index in [9.17, 15) is 9.59 Å². The molecule has 0 saturated heterocycles. The van der Waals surface area contributed by atoms with Gasteiger partial charge in [0, 0.05) is 16.6 Å². The van der Waals surface area contributed by atoms with Crippen molar-refractivity contribution in [1.29, 1.82) is 5.26 Å². The van der Waals surface area contributed by atoms with Crippen LogP contribution >= 0.6 is 0 Å². The van der Waals surface area contributed by atoms with E-state index in [1.165, 1.54) is 4.90 Å². The quantitative estimate of drug-likeness (QED) is 0.789. The van der Waals surface area contributed by atoms with Gasteiger partial charge in [0.25, 0.3) is 5.91 Å². The Kier molecular flexibility index (Phi) is 3.86. The molecule has 1 aliphatic rings. The van der Waals surface area contributed by atoms with Gasteiger partial charge in [0.15, 0.2) is 0 Å². The third kappa shape index (κ3) is 2.68. The Morgan fingerprint density at radius 1 is 1.04 bits per heavy atom. The molecule has 3 aromatic rings. The van der Waals surface area contributed by atoms with E-state index in [1.807, 2.05) is 30.3 Å². The van der Waals surface area contributed by atoms with Crippen LogP contribution in [0.5, 0.6) is 0 Å². The van der Waals surface area contributed by atoms with Gasteiger partial charge in [0.1, 0.15) is 6.54 Å². The first kappa shape index (κ1) is 15.9. The van der Waals surface area contributed by atoms with Gasteiger partial charge in [-0.2, -0.15) is 5.26 Å². The fraction of sp³-hybridized carbons (Fsp3) is 0.0952. The van der Waals surface area contributed by atoms with E-state index in [4.69, 9.17) is 5.26 Å². The molecule has 1 aliphatic heterocycles. The number of hydrogen-bond acceptors (Lipinski definition) is 3. The Labute approximate surface area is 150 Å². The highest BCUT2D eigenvalue weighted by Crippen LogP contribution is 2.36. The van der Waals surface area contributed by atoms with Gasteiger partial charge in [-0.05, 0) is 35.2 Å². The van der Waals surface area contributed by atoms with E-state index in [1.54, 1.807) is 30.3 Å². The van der Waals surface area contributed by atoms with Crippen LogP contribution in [-0.4, -0.2) is 18.4 Å². The van der Waals surface area contributed by atoms with Crippen molar-refractivity contribution in [2.75, 3.05) is 16.8 Å². The Balaban J connectivity index is 1.53. The largest absolute Gasteiger partial charge is 0.325 e. The first-order chi connectivity index (χ1) is 12.7. The van der Waals surface area contributed by atoms with Crippen LogP contribution in [0.25, 0.3) is 10.8 Å². The van der Waals surface area contributed by atoms with Crippen LogP contribution in [0.1, 0.15) is 15.9 Å². The predicted molar refractivity (Wildman–Crippen MR) is 100 cm³/mol. The average molecular weight is 341 g/mol. The second-order valence-electron chi connectivity index (χ2n) is 6.15. The van der Waals surface area contributed by atoms with Crippen molar-refractivity contribution in [3.63, 3.8) is 0 Å². The molecule has 2 amide bonds. The van der Waals surface area contributed by atoms with Gasteiger partial charge in [-0.25, -0.2) is 0 Å². The van der Waals surface area contributed by atoms with Crippen LogP contribution in [-0.2, 0) is 11.2 Å². The van der Waals surface area contributed by atoms with Crippen LogP contribution < -0.4 is 10.2 Å². The summed E-state index contributed by atoms with van der Waals surface area (Å²) in [5.41, 5.74) is 2.93. The van der Waals surface area contributed by atoms with Crippen molar-refractivity contribution < 1.29 is 9.59 Å². The highest BCUT2D eigenvalue weighted by atomic mass is 16.2. The summed E-state index contributed by atoms with van der Waals surface area (Å²) in [7, 11) is 0. The molecule has 5 nitrogen and oxygen atoms in total. The number of nitriles is 1. The molecule has 26 heavy (non-hydrogen) atoms. The van der Waals surface area contributed by atoms with Crippen molar-refractivity contribution >= 4 is 34.0 Å². The van der Waals surface area contributed by atoms with Crippen molar-refractivity contribution in [1.82, 2.24) is 0 Å². The van der Waals surface area contributed by atoms with Gasteiger partial charge in [-0.1, -0.05) is 36.4 Å². The third-order valence-corrected chi connectivity index (χ3v) is 4.47. The average Bonchev–Trinajstić information content (AvgIpc) is 2.92. The topological polar surface area (TPSA) is 73.2 Å². The van der Waals surface area contributed by atoms with Gasteiger partial charge in [0.2, 0.25) is 5.91 Å². The zero-order chi connectivity index (χ0) is 18.1. The third-order valence-electron chi connectivity index (χ3n) is 4.47. The smallest absolute Gasteiger partial charge is 0.259 e. The Hall–Kier alpha value is -3.65. The normalized spacial score (nSPS) is 12.3. The first-order valence-corrected chi connectivity index (χ1v) is 8.27. The number of hydrogen-bond donors (Lipinski definition) is 1. The lowest BCUT2D eigenvalue weighted by Gasteiger charge is -2.17. The summed E-state index contributed by atoms with van der Waals surface area (Å²) in [4.78, 5) is 26.6. The highest BCUT2D eigenvalue weighted by Gasteiger charge is 2.30. The number of amides is 2. The van der Waals surface area contributed by atoms with E-state index in [2.05, 4.69) is 11.4 Å². The van der Waals surface area contributed by atoms with E-state index >= 15 is 0 Å². The van der Waals surface area contributed by atoms with E-state index < -0.39 is 0 Å². The van der Waals surface area contributed by atoms with Crippen LogP contribution in [0.15, 0.2) is 60.7 Å². The second-order valence-corrected chi connectivity index (χ2v) is 6.15. The number of benzene rings is 3. The number of rotatable bonds is 4. The number of carbonyl (C=O) groups excluding carboxylic acids is 2. The Bertz CT molecular complexity index is 1060. The van der Waals surface area contributed by atoms with Gasteiger partial charge in [-0.3, -0.25) is 14.5 Å². The maximum atomic E-state index is 12.7. The van der Waals surface area contributed by atoms with Crippen LogP contribution in [0, 0.1) is 11.3 Å². The molecular formula is C21H15N3O2. The molecule has 126 valence electrons. The zero-order valence-electron chi connectivity index (χ0n) is 13.9. The number of anilines is 2. The van der Waals surface area contributed by atoms with Gasteiger partial charge < -0.3 is 5.32 Å². The lowest BCUT2D eigenvalue weighted by atomic mass is 10.1. The summed E-state index contributed by atoms with van der Waals surface area (Å²) in [6, 6.07) is 20.5. The predicted octanol–water partition coefficient (Wildman–Crippen LogP) is 3.50. The molecule has 0 spiro atoms. The summed E-state index contributed by atoms with van der Waals surface area (Å²) in [5, 5.41) is 13.4. The van der Waals surface area contributed by atoms with Crippen molar-refractivity contribution in [3.05, 3.63) is 71.8 Å². The van der Waals surface area contributed by atoms with Crippen LogP contribution in [0.3, 0.4) is 0 Å². The molecule has 1 heterocycles. The minimum absolute atomic E-state index is 0.0490. The molecule has 0 bridgehead atoms. The van der Waals surface area contributed by atoms with Crippen LogP contribution in [0.2, 0.25) is 0 Å². The monoisotopic (exact) mass is 341 g/mol. The molecule has 5 heteroatoms. The van der Waals surface area contributed by atoms with Crippen molar-refractivity contribution in [2.45, 2.75) is 6.42 Å². The molecule has 0 fully saturated rings. The summed E-state index contributed by atoms with van der Waals surface area (Å²) < 4.78 is 0. The highest BCUT2D eigenvalue weighted by molar-refractivity contribution is 6.26. The zero-order valence-corrected chi connectivity index (χ0v) is 13.9. The van der Waals surface area contributed by atoms with Crippen molar-refractivity contribution in [2.24, 2.45) is 0 Å². The lowest BCUT2D eigenvalue weighted by molar-refractivity contribution is -0.114. The summed E-state index contributed by atoms with van der Waals surface area (Å²) in [6.07, 6.45) is 0.332. The van der Waals surface area contributed by atoms with E-state index in [0.717, 1.165) is 22.0 Å². The fourth-order valence-corrected chi connectivity index (χ4v) is 3.28. The molecule has 0 aromatic heterocycles. The Morgan fingerprint density at radius 2 is 1.77 bits per heavy atom. The summed E-state index contributed by atoms with van der Waals surface area (Å²) in [6.45, 7) is -0.0490. The number of carbonyl (C=O) groups is 2. The van der Waals surface area contributed by atoms with Crippen molar-refractivity contribution in [3.8, 4) is 6.07 Å². The lowest BCUT2D eigenvalue weighted by Crippen LogP contribution is -2.35. The number of nitrogens with one attached hydrogen (secondary N) is 1. The molecule has 0 saturated carbocycles. The summed E-state index contributed by atoms with van der Waals surface area (Å²) in [5.74, 6) is -0.424. The molecular weight excluding hydrogens is 326 g/mol. The molecule has 3 aromatic carbocycles. The van der Waals surface area contributed by atoms with E-state index in [-0.39, 0.29) is 18.4 Å². The minimum atomic E-state index is -0.267. The molecule has 1 N–H and O–H groups in total. The summed E-state index contributed by atoms with van der Waals surface area (Å²) >= 11 is 0. The maximum absolute atomic E-state index is 12.7. The Morgan fingerprint density at radius 3 is 2.50 bits per heavy atom. The standard InChI is InChI=1S/C21H15N3O2/c22-12-11-14-7-9-16(10-8-14)23-19(25)13-24-18-6-2-4-15-3-1-5-17(20(15)18)21(24)26/h1-10H,11,13H2,(H,23,25). The molecule has 4 rings (SSSR count). The first-order valence-electron chi connectivity index (χ1n) is 8.27. The molecule has 0 unspecified atom stereocenters. The SMILES string of the molecule is N#CCc1ccc(NC(=O)CN2C(=O)c3cccc4cccc2c34)cc1. The van der Waals surface area contributed by atoms with Gasteiger partial charge in [0.05, 0.1) is 18.2 Å². The fourth-order valence-electron chi connectivity index (χ4n) is 3.28. The van der Waals surface area contributed by atoms with Gasteiger partial charge >= 0.3 is 0 Å². The second kappa shape index (κ2) is 6.34. The minimum Gasteiger partial charge on any atom is -0.325 e. The molecule has 0 radical (unpaired) electrons. The van der Waals surface area contributed by atoms with Crippen LogP contribution in [0.4, 0.5) is 11.4 Å². The number of nitrogens with zero attached hydrogens (tertiary/aromatic N) is 2. The van der Waals surface area contributed by atoms with Gasteiger partial charge in [-0.15, -0.1) is 0 Å². The van der Waals surface area contributed by atoms with E-state index in [0.29, 0.717) is 17.7 Å².